The molecule has 7 nitrogen and oxygen atoms in total. The fraction of sp³-hybridized carbons (Fsp3) is 0.417. The van der Waals surface area contributed by atoms with Crippen LogP contribution in [-0.2, 0) is 11.3 Å². The zero-order valence-electron chi connectivity index (χ0n) is 18.8. The molecule has 2 aromatic heterocycles. The van der Waals surface area contributed by atoms with E-state index < -0.39 is 0 Å². The van der Waals surface area contributed by atoms with Crippen molar-refractivity contribution in [1.82, 2.24) is 24.6 Å². The highest BCUT2D eigenvalue weighted by Crippen LogP contribution is 2.34. The SMILES string of the molecule is Cc1ccnn1CCC(=O)N1CCC[C@H](c2nc(N(C)C)ncc2-c2ccc(Cl)cc2)C1. The summed E-state index contributed by atoms with van der Waals surface area (Å²) in [6, 6.07) is 9.72. The average Bonchev–Trinajstić information content (AvgIpc) is 3.22. The molecule has 1 aliphatic heterocycles. The van der Waals surface area contributed by atoms with Gasteiger partial charge in [0.2, 0.25) is 11.9 Å². The molecule has 1 saturated heterocycles. The molecule has 4 rings (SSSR count). The molecule has 1 atom stereocenters. The lowest BCUT2D eigenvalue weighted by molar-refractivity contribution is -0.132. The van der Waals surface area contributed by atoms with Crippen molar-refractivity contribution in [1.29, 1.82) is 0 Å². The van der Waals surface area contributed by atoms with Gasteiger partial charge in [-0.1, -0.05) is 23.7 Å². The van der Waals surface area contributed by atoms with E-state index in [9.17, 15) is 4.79 Å². The smallest absolute Gasteiger partial charge is 0.225 e. The second kappa shape index (κ2) is 9.69. The van der Waals surface area contributed by atoms with Gasteiger partial charge in [-0.15, -0.1) is 0 Å². The van der Waals surface area contributed by atoms with Crippen LogP contribution in [0.4, 0.5) is 5.95 Å². The van der Waals surface area contributed by atoms with Crippen LogP contribution in [0.3, 0.4) is 0 Å². The molecule has 3 heterocycles. The first kappa shape index (κ1) is 22.3. The predicted octanol–water partition coefficient (Wildman–Crippen LogP) is 4.16. The summed E-state index contributed by atoms with van der Waals surface area (Å²) in [5.41, 5.74) is 4.09. The Morgan fingerprint density at radius 2 is 2.00 bits per heavy atom. The summed E-state index contributed by atoms with van der Waals surface area (Å²) in [6.07, 6.45) is 6.06. The standard InChI is InChI=1S/C24H29ClN6O/c1-17-10-12-27-31(17)14-11-22(32)30-13-4-5-19(16-30)23-21(15-26-24(28-23)29(2)3)18-6-8-20(25)9-7-18/h6-10,12,15,19H,4-5,11,13-14,16H2,1-3H3/t19-/m0/s1. The third-order valence-corrected chi connectivity index (χ3v) is 6.24. The van der Waals surface area contributed by atoms with Gasteiger partial charge in [0.15, 0.2) is 0 Å². The quantitative estimate of drug-likeness (QED) is 0.561. The molecule has 0 saturated carbocycles. The number of amides is 1. The number of carbonyl (C=O) groups excluding carboxylic acids is 1. The van der Waals surface area contributed by atoms with E-state index in [0.717, 1.165) is 41.9 Å². The first-order valence-corrected chi connectivity index (χ1v) is 11.4. The number of benzene rings is 1. The van der Waals surface area contributed by atoms with Crippen molar-refractivity contribution in [3.05, 3.63) is 59.1 Å². The highest BCUT2D eigenvalue weighted by atomic mass is 35.5. The van der Waals surface area contributed by atoms with Crippen LogP contribution in [0.1, 0.15) is 36.6 Å². The highest BCUT2D eigenvalue weighted by molar-refractivity contribution is 6.30. The Kier molecular flexibility index (Phi) is 6.74. The number of aromatic nitrogens is 4. The van der Waals surface area contributed by atoms with E-state index in [1.165, 1.54) is 0 Å². The number of hydrogen-bond donors (Lipinski definition) is 0. The number of likely N-dealkylation sites (tertiary alicyclic amines) is 1. The van der Waals surface area contributed by atoms with E-state index in [4.69, 9.17) is 16.6 Å². The van der Waals surface area contributed by atoms with Gasteiger partial charge in [-0.2, -0.15) is 5.10 Å². The maximum Gasteiger partial charge on any atom is 0.225 e. The van der Waals surface area contributed by atoms with Gasteiger partial charge in [-0.25, -0.2) is 9.97 Å². The summed E-state index contributed by atoms with van der Waals surface area (Å²) < 4.78 is 1.88. The molecule has 168 valence electrons. The van der Waals surface area contributed by atoms with Gasteiger partial charge in [-0.05, 0) is 43.5 Å². The largest absolute Gasteiger partial charge is 0.347 e. The van der Waals surface area contributed by atoms with E-state index in [-0.39, 0.29) is 11.8 Å². The van der Waals surface area contributed by atoms with Crippen LogP contribution < -0.4 is 4.90 Å². The average molecular weight is 453 g/mol. The fourth-order valence-corrected chi connectivity index (χ4v) is 4.31. The van der Waals surface area contributed by atoms with Crippen molar-refractivity contribution in [2.24, 2.45) is 0 Å². The highest BCUT2D eigenvalue weighted by Gasteiger charge is 2.28. The van der Waals surface area contributed by atoms with Crippen molar-refractivity contribution >= 4 is 23.5 Å². The van der Waals surface area contributed by atoms with Crippen LogP contribution in [0, 0.1) is 6.92 Å². The van der Waals surface area contributed by atoms with E-state index in [1.807, 2.05) is 72.0 Å². The first-order valence-electron chi connectivity index (χ1n) is 11.0. The number of halogens is 1. The molecule has 0 bridgehead atoms. The predicted molar refractivity (Wildman–Crippen MR) is 127 cm³/mol. The second-order valence-electron chi connectivity index (χ2n) is 8.49. The lowest BCUT2D eigenvalue weighted by atomic mass is 9.89. The van der Waals surface area contributed by atoms with Gasteiger partial charge in [0.25, 0.3) is 0 Å². The van der Waals surface area contributed by atoms with E-state index >= 15 is 0 Å². The van der Waals surface area contributed by atoms with Gasteiger partial charge < -0.3 is 9.80 Å². The second-order valence-corrected chi connectivity index (χ2v) is 8.93. The molecule has 0 unspecified atom stereocenters. The third kappa shape index (κ3) is 4.93. The van der Waals surface area contributed by atoms with Crippen LogP contribution in [0.25, 0.3) is 11.1 Å². The molecule has 0 radical (unpaired) electrons. The molecule has 1 aromatic carbocycles. The molecule has 0 N–H and O–H groups in total. The lowest BCUT2D eigenvalue weighted by Gasteiger charge is -2.33. The van der Waals surface area contributed by atoms with Gasteiger partial charge in [0, 0.05) is 74.7 Å². The summed E-state index contributed by atoms with van der Waals surface area (Å²) in [6.45, 7) is 4.06. The minimum absolute atomic E-state index is 0.159. The molecule has 32 heavy (non-hydrogen) atoms. The van der Waals surface area contributed by atoms with Crippen molar-refractivity contribution in [2.45, 2.75) is 38.6 Å². The van der Waals surface area contributed by atoms with Crippen LogP contribution in [0.2, 0.25) is 5.02 Å². The Labute approximate surface area is 194 Å². The number of anilines is 1. The van der Waals surface area contributed by atoms with Gasteiger partial charge in [0.05, 0.1) is 5.69 Å². The van der Waals surface area contributed by atoms with Crippen LogP contribution in [0.5, 0.6) is 0 Å². The first-order chi connectivity index (χ1) is 15.4. The molecule has 8 heteroatoms. The summed E-state index contributed by atoms with van der Waals surface area (Å²) >= 11 is 6.10. The van der Waals surface area contributed by atoms with E-state index in [0.29, 0.717) is 30.5 Å². The Morgan fingerprint density at radius 1 is 1.22 bits per heavy atom. The van der Waals surface area contributed by atoms with Gasteiger partial charge >= 0.3 is 0 Å². The van der Waals surface area contributed by atoms with E-state index in [2.05, 4.69) is 10.1 Å². The number of hydrogen-bond acceptors (Lipinski definition) is 5. The van der Waals surface area contributed by atoms with Gasteiger partial charge in [-0.3, -0.25) is 9.48 Å². The molecule has 0 aliphatic carbocycles. The van der Waals surface area contributed by atoms with Crippen LogP contribution in [-0.4, -0.2) is 57.7 Å². The maximum absolute atomic E-state index is 13.0. The van der Waals surface area contributed by atoms with E-state index in [1.54, 1.807) is 6.20 Å². The maximum atomic E-state index is 13.0. The Balaban J connectivity index is 1.56. The normalized spacial score (nSPS) is 16.2. The van der Waals surface area contributed by atoms with Crippen LogP contribution >= 0.6 is 11.6 Å². The van der Waals surface area contributed by atoms with Crippen molar-refractivity contribution in [3.8, 4) is 11.1 Å². The summed E-state index contributed by atoms with van der Waals surface area (Å²) in [5, 5.41) is 4.99. The van der Waals surface area contributed by atoms with Crippen molar-refractivity contribution < 1.29 is 4.79 Å². The van der Waals surface area contributed by atoms with Gasteiger partial charge in [0.1, 0.15) is 0 Å². The zero-order chi connectivity index (χ0) is 22.7. The molecular formula is C24H29ClN6O. The zero-order valence-corrected chi connectivity index (χ0v) is 19.6. The van der Waals surface area contributed by atoms with Crippen molar-refractivity contribution in [3.63, 3.8) is 0 Å². The third-order valence-electron chi connectivity index (χ3n) is 5.99. The fourth-order valence-electron chi connectivity index (χ4n) is 4.18. The monoisotopic (exact) mass is 452 g/mol. The molecule has 3 aromatic rings. The summed E-state index contributed by atoms with van der Waals surface area (Å²) in [4.78, 5) is 26.3. The number of carbonyl (C=O) groups is 1. The Bertz CT molecular complexity index is 1080. The summed E-state index contributed by atoms with van der Waals surface area (Å²) in [7, 11) is 3.88. The summed E-state index contributed by atoms with van der Waals surface area (Å²) in [5.74, 6) is 1.00. The topological polar surface area (TPSA) is 67.2 Å². The minimum atomic E-state index is 0.159. The minimum Gasteiger partial charge on any atom is -0.347 e. The Morgan fingerprint density at radius 3 is 2.69 bits per heavy atom. The van der Waals surface area contributed by atoms with Crippen LogP contribution in [0.15, 0.2) is 42.7 Å². The molecule has 0 spiro atoms. The number of aryl methyl sites for hydroxylation is 2. The molecular weight excluding hydrogens is 424 g/mol. The molecule has 1 aliphatic rings. The van der Waals surface area contributed by atoms with Crippen molar-refractivity contribution in [2.75, 3.05) is 32.1 Å². The lowest BCUT2D eigenvalue weighted by Crippen LogP contribution is -2.40. The molecule has 1 fully saturated rings. The number of nitrogens with zero attached hydrogens (tertiary/aromatic N) is 6. The number of piperidine rings is 1. The Hall–Kier alpha value is -2.93. The molecule has 1 amide bonds. The number of rotatable bonds is 6.